The fourth-order valence-corrected chi connectivity index (χ4v) is 1.74. The second kappa shape index (κ2) is 10.9. The SMILES string of the molecule is COC(=O)C(Cc1ccccc1)NC(=O)C(N)CC(=O)[O-].[K+]. The van der Waals surface area contributed by atoms with E-state index in [1.54, 1.807) is 24.3 Å². The van der Waals surface area contributed by atoms with Gasteiger partial charge in [-0.15, -0.1) is 0 Å². The summed E-state index contributed by atoms with van der Waals surface area (Å²) in [5.74, 6) is -2.81. The molecule has 2 atom stereocenters. The zero-order chi connectivity index (χ0) is 15.8. The summed E-state index contributed by atoms with van der Waals surface area (Å²) < 4.78 is 4.62. The van der Waals surface area contributed by atoms with E-state index in [0.29, 0.717) is 0 Å². The number of nitrogens with one attached hydrogen (secondary N) is 1. The van der Waals surface area contributed by atoms with Gasteiger partial charge in [0.15, 0.2) is 0 Å². The van der Waals surface area contributed by atoms with E-state index in [4.69, 9.17) is 5.73 Å². The largest absolute Gasteiger partial charge is 1.00 e. The predicted octanol–water partition coefficient (Wildman–Crippen LogP) is -4.64. The Balaban J connectivity index is 0.00000441. The summed E-state index contributed by atoms with van der Waals surface area (Å²) >= 11 is 0. The minimum Gasteiger partial charge on any atom is -0.550 e. The smallest absolute Gasteiger partial charge is 0.550 e. The Morgan fingerprint density at radius 3 is 2.36 bits per heavy atom. The van der Waals surface area contributed by atoms with E-state index in [9.17, 15) is 19.5 Å². The number of ether oxygens (including phenoxy) is 1. The van der Waals surface area contributed by atoms with Crippen LogP contribution in [0.3, 0.4) is 0 Å². The van der Waals surface area contributed by atoms with Gasteiger partial charge in [-0.2, -0.15) is 0 Å². The van der Waals surface area contributed by atoms with E-state index >= 15 is 0 Å². The Morgan fingerprint density at radius 1 is 1.27 bits per heavy atom. The molecule has 0 spiro atoms. The second-order valence-electron chi connectivity index (χ2n) is 4.46. The van der Waals surface area contributed by atoms with Crippen molar-refractivity contribution in [3.63, 3.8) is 0 Å². The second-order valence-corrected chi connectivity index (χ2v) is 4.46. The number of benzene rings is 1. The summed E-state index contributed by atoms with van der Waals surface area (Å²) in [6.45, 7) is 0. The first kappa shape index (κ1) is 21.2. The molecule has 1 amide bonds. The maximum atomic E-state index is 11.8. The molecule has 0 fully saturated rings. The number of hydrogen-bond donors (Lipinski definition) is 2. The average Bonchev–Trinajstić information content (AvgIpc) is 2.46. The molecule has 0 aliphatic rings. The average molecular weight is 332 g/mol. The van der Waals surface area contributed by atoms with E-state index in [1.165, 1.54) is 7.11 Å². The molecule has 8 heteroatoms. The summed E-state index contributed by atoms with van der Waals surface area (Å²) in [5.41, 5.74) is 6.24. The van der Waals surface area contributed by atoms with Gasteiger partial charge in [0.05, 0.1) is 13.2 Å². The van der Waals surface area contributed by atoms with Gasteiger partial charge in [-0.3, -0.25) is 4.79 Å². The van der Waals surface area contributed by atoms with E-state index in [1.807, 2.05) is 6.07 Å². The van der Waals surface area contributed by atoms with Gasteiger partial charge in [-0.25, -0.2) is 4.79 Å². The molecule has 0 aromatic heterocycles. The van der Waals surface area contributed by atoms with Crippen molar-refractivity contribution in [1.29, 1.82) is 0 Å². The van der Waals surface area contributed by atoms with Crippen molar-refractivity contribution in [3.05, 3.63) is 35.9 Å². The summed E-state index contributed by atoms with van der Waals surface area (Å²) in [6.07, 6.45) is -0.400. The van der Waals surface area contributed by atoms with Crippen molar-refractivity contribution in [2.24, 2.45) is 5.73 Å². The molecule has 7 nitrogen and oxygen atoms in total. The van der Waals surface area contributed by atoms with E-state index in [0.717, 1.165) is 5.56 Å². The van der Waals surface area contributed by atoms with Gasteiger partial charge in [0.25, 0.3) is 0 Å². The first-order chi connectivity index (χ1) is 9.93. The van der Waals surface area contributed by atoms with Crippen LogP contribution in [0.25, 0.3) is 0 Å². The molecule has 1 aromatic carbocycles. The molecular formula is C14H17KN2O5. The van der Waals surface area contributed by atoms with E-state index < -0.39 is 36.4 Å². The number of methoxy groups -OCH3 is 1. The summed E-state index contributed by atoms with van der Waals surface area (Å²) in [7, 11) is 1.20. The first-order valence-corrected chi connectivity index (χ1v) is 6.31. The number of amides is 1. The van der Waals surface area contributed by atoms with Crippen molar-refractivity contribution >= 4 is 17.8 Å². The van der Waals surface area contributed by atoms with Gasteiger partial charge in [0.1, 0.15) is 6.04 Å². The minimum absolute atomic E-state index is 0. The molecule has 0 aliphatic carbocycles. The number of carbonyl (C=O) groups is 3. The van der Waals surface area contributed by atoms with Crippen LogP contribution in [0.2, 0.25) is 0 Å². The Morgan fingerprint density at radius 2 is 1.86 bits per heavy atom. The maximum Gasteiger partial charge on any atom is 1.00 e. The van der Waals surface area contributed by atoms with Gasteiger partial charge >= 0.3 is 57.4 Å². The van der Waals surface area contributed by atoms with Crippen LogP contribution in [0.1, 0.15) is 12.0 Å². The van der Waals surface area contributed by atoms with Gasteiger partial charge < -0.3 is 25.7 Å². The third-order valence-electron chi connectivity index (χ3n) is 2.81. The number of nitrogens with two attached hydrogens (primary N) is 1. The quantitative estimate of drug-likeness (QED) is 0.383. The Kier molecular flexibility index (Phi) is 10.5. The standard InChI is InChI=1S/C14H18N2O5.K/c1-21-14(20)11(7-9-5-3-2-4-6-9)16-13(19)10(15)8-12(17)18;/h2-6,10-11H,7-8,15H2,1H3,(H,16,19)(H,17,18);/q;+1/p-1. The van der Waals surface area contributed by atoms with Crippen LogP contribution in [0.15, 0.2) is 30.3 Å². The molecule has 2 unspecified atom stereocenters. The van der Waals surface area contributed by atoms with Crippen LogP contribution in [0.5, 0.6) is 0 Å². The van der Waals surface area contributed by atoms with Crippen LogP contribution < -0.4 is 67.5 Å². The number of esters is 1. The third-order valence-corrected chi connectivity index (χ3v) is 2.81. The van der Waals surface area contributed by atoms with E-state index in [-0.39, 0.29) is 57.8 Å². The number of rotatable bonds is 7. The topological polar surface area (TPSA) is 122 Å². The normalized spacial score (nSPS) is 12.5. The number of aliphatic carboxylic acids is 1. The molecule has 22 heavy (non-hydrogen) atoms. The van der Waals surface area contributed by atoms with Crippen LogP contribution in [-0.2, 0) is 25.5 Å². The predicted molar refractivity (Wildman–Crippen MR) is 71.7 cm³/mol. The Labute approximate surface area is 171 Å². The molecule has 3 N–H and O–H groups in total. The monoisotopic (exact) mass is 332 g/mol. The van der Waals surface area contributed by atoms with E-state index in [2.05, 4.69) is 10.1 Å². The zero-order valence-electron chi connectivity index (χ0n) is 12.6. The molecule has 0 heterocycles. The molecule has 1 rings (SSSR count). The van der Waals surface area contributed by atoms with Crippen LogP contribution in [-0.4, -0.2) is 37.0 Å². The molecular weight excluding hydrogens is 315 g/mol. The van der Waals surface area contributed by atoms with Crippen LogP contribution in [0, 0.1) is 0 Å². The minimum atomic E-state index is -1.43. The van der Waals surface area contributed by atoms with Gasteiger partial charge in [0, 0.05) is 18.8 Å². The maximum absolute atomic E-state index is 11.8. The third kappa shape index (κ3) is 7.48. The fraction of sp³-hybridized carbons (Fsp3) is 0.357. The van der Waals surface area contributed by atoms with Crippen molar-refractivity contribution in [2.75, 3.05) is 7.11 Å². The van der Waals surface area contributed by atoms with Gasteiger partial charge in [-0.1, -0.05) is 30.3 Å². The van der Waals surface area contributed by atoms with Crippen molar-refractivity contribution in [3.8, 4) is 0 Å². The summed E-state index contributed by atoms with van der Waals surface area (Å²) in [4.78, 5) is 33.9. The van der Waals surface area contributed by atoms with Crippen molar-refractivity contribution < 1.29 is 75.6 Å². The number of carboxylic acids is 1. The molecule has 0 saturated heterocycles. The number of carboxylic acid groups (broad SMARTS) is 1. The van der Waals surface area contributed by atoms with Crippen molar-refractivity contribution in [2.45, 2.75) is 24.9 Å². The number of carbonyl (C=O) groups excluding carboxylic acids is 3. The molecule has 0 saturated carbocycles. The molecule has 114 valence electrons. The van der Waals surface area contributed by atoms with Crippen molar-refractivity contribution in [1.82, 2.24) is 5.32 Å². The molecule has 0 bridgehead atoms. The first-order valence-electron chi connectivity index (χ1n) is 6.31. The molecule has 0 radical (unpaired) electrons. The Hall–Kier alpha value is -0.774. The van der Waals surface area contributed by atoms with Gasteiger partial charge in [-0.05, 0) is 5.56 Å². The fourth-order valence-electron chi connectivity index (χ4n) is 1.74. The number of hydrogen-bond acceptors (Lipinski definition) is 6. The summed E-state index contributed by atoms with van der Waals surface area (Å²) in [6, 6.07) is 6.80. The molecule has 0 aliphatic heterocycles. The van der Waals surface area contributed by atoms with Crippen LogP contribution in [0.4, 0.5) is 0 Å². The van der Waals surface area contributed by atoms with Gasteiger partial charge in [0.2, 0.25) is 5.91 Å². The molecule has 1 aromatic rings. The summed E-state index contributed by atoms with van der Waals surface area (Å²) in [5, 5.41) is 12.8. The van der Waals surface area contributed by atoms with Crippen LogP contribution >= 0.6 is 0 Å². The zero-order valence-corrected chi connectivity index (χ0v) is 15.7. The Bertz CT molecular complexity index is 509.